The lowest BCUT2D eigenvalue weighted by Gasteiger charge is -2.23. The third-order valence-electron chi connectivity index (χ3n) is 4.46. The number of sulfone groups is 1. The van der Waals surface area contributed by atoms with Gasteiger partial charge in [-0.05, 0) is 52.8 Å². The lowest BCUT2D eigenvalue weighted by Crippen LogP contribution is -2.27. The van der Waals surface area contributed by atoms with Gasteiger partial charge in [-0.15, -0.1) is 0 Å². The van der Waals surface area contributed by atoms with Crippen LogP contribution in [0.4, 0.5) is 5.82 Å². The first kappa shape index (κ1) is 21.2. The second-order valence-electron chi connectivity index (χ2n) is 7.87. The van der Waals surface area contributed by atoms with E-state index in [9.17, 15) is 13.2 Å². The summed E-state index contributed by atoms with van der Waals surface area (Å²) in [6.45, 7) is 10.5. The van der Waals surface area contributed by atoms with Gasteiger partial charge < -0.3 is 14.8 Å². The van der Waals surface area contributed by atoms with Crippen LogP contribution in [-0.4, -0.2) is 37.3 Å². The first-order valence-electron chi connectivity index (χ1n) is 9.58. The van der Waals surface area contributed by atoms with E-state index in [0.29, 0.717) is 47.4 Å². The van der Waals surface area contributed by atoms with Crippen molar-refractivity contribution in [1.29, 1.82) is 0 Å². The fraction of sp³-hybridized carbons (Fsp3) is 0.500. The highest BCUT2D eigenvalue weighted by atomic mass is 32.2. The molecule has 0 saturated carbocycles. The zero-order valence-corrected chi connectivity index (χ0v) is 18.2. The van der Waals surface area contributed by atoms with Crippen molar-refractivity contribution < 1.29 is 22.7 Å². The lowest BCUT2D eigenvalue weighted by atomic mass is 10.1. The largest absolute Gasteiger partial charge is 0.490 e. The van der Waals surface area contributed by atoms with E-state index in [0.717, 1.165) is 0 Å². The van der Waals surface area contributed by atoms with Crippen molar-refractivity contribution in [2.45, 2.75) is 51.7 Å². The minimum absolute atomic E-state index is 0.105. The SMILES string of the molecule is CCOc1ccc(C(=O)Nc2c3c(nn2C(C)(C)C)CS(=O)(=O)C3)cc1OCC. The number of anilines is 1. The van der Waals surface area contributed by atoms with Gasteiger partial charge in [0, 0.05) is 11.1 Å². The summed E-state index contributed by atoms with van der Waals surface area (Å²) in [4.78, 5) is 13.0. The van der Waals surface area contributed by atoms with Crippen LogP contribution in [0.3, 0.4) is 0 Å². The molecule has 1 aromatic carbocycles. The Kier molecular flexibility index (Phi) is 5.62. The predicted octanol–water partition coefficient (Wildman–Crippen LogP) is 3.12. The summed E-state index contributed by atoms with van der Waals surface area (Å²) in [7, 11) is -3.24. The fourth-order valence-electron chi connectivity index (χ4n) is 3.23. The third kappa shape index (κ3) is 4.39. The van der Waals surface area contributed by atoms with E-state index in [1.807, 2.05) is 34.6 Å². The molecule has 1 aliphatic rings. The van der Waals surface area contributed by atoms with Crippen molar-refractivity contribution in [3.63, 3.8) is 0 Å². The normalized spacial score (nSPS) is 15.1. The van der Waals surface area contributed by atoms with E-state index in [4.69, 9.17) is 9.47 Å². The summed E-state index contributed by atoms with van der Waals surface area (Å²) in [5.41, 5.74) is 1.01. The molecule has 0 unspecified atom stereocenters. The highest BCUT2D eigenvalue weighted by Crippen LogP contribution is 2.35. The molecule has 0 atom stereocenters. The number of carbonyl (C=O) groups excluding carboxylic acids is 1. The van der Waals surface area contributed by atoms with E-state index >= 15 is 0 Å². The molecule has 2 heterocycles. The summed E-state index contributed by atoms with van der Waals surface area (Å²) in [6, 6.07) is 4.97. The predicted molar refractivity (Wildman–Crippen MR) is 110 cm³/mol. The molecule has 1 aliphatic heterocycles. The third-order valence-corrected chi connectivity index (χ3v) is 5.90. The number of ether oxygens (including phenoxy) is 2. The Morgan fingerprint density at radius 3 is 2.41 bits per heavy atom. The van der Waals surface area contributed by atoms with Gasteiger partial charge in [0.25, 0.3) is 5.91 Å². The maximum absolute atomic E-state index is 13.0. The van der Waals surface area contributed by atoms with Crippen LogP contribution >= 0.6 is 0 Å². The van der Waals surface area contributed by atoms with Crippen LogP contribution in [-0.2, 0) is 26.9 Å². The first-order chi connectivity index (χ1) is 13.6. The van der Waals surface area contributed by atoms with E-state index in [2.05, 4.69) is 10.4 Å². The van der Waals surface area contributed by atoms with Gasteiger partial charge in [-0.2, -0.15) is 5.10 Å². The van der Waals surface area contributed by atoms with Gasteiger partial charge in [-0.25, -0.2) is 13.1 Å². The average molecular weight is 422 g/mol. The molecule has 3 rings (SSSR count). The zero-order valence-electron chi connectivity index (χ0n) is 17.4. The molecule has 0 saturated heterocycles. The van der Waals surface area contributed by atoms with Crippen molar-refractivity contribution in [3.05, 3.63) is 35.0 Å². The van der Waals surface area contributed by atoms with E-state index in [1.54, 1.807) is 22.9 Å². The number of amides is 1. The van der Waals surface area contributed by atoms with E-state index in [1.165, 1.54) is 0 Å². The summed E-state index contributed by atoms with van der Waals surface area (Å²) < 4.78 is 36.9. The topological polar surface area (TPSA) is 99.5 Å². The van der Waals surface area contributed by atoms with Gasteiger partial charge in [-0.1, -0.05) is 0 Å². The molecule has 9 heteroatoms. The Morgan fingerprint density at radius 1 is 1.14 bits per heavy atom. The number of rotatable bonds is 6. The highest BCUT2D eigenvalue weighted by Gasteiger charge is 2.35. The molecule has 158 valence electrons. The maximum atomic E-state index is 13.0. The molecule has 0 radical (unpaired) electrons. The quantitative estimate of drug-likeness (QED) is 0.769. The molecule has 1 aromatic heterocycles. The fourth-order valence-corrected chi connectivity index (χ4v) is 4.72. The van der Waals surface area contributed by atoms with Crippen LogP contribution in [0.25, 0.3) is 0 Å². The smallest absolute Gasteiger partial charge is 0.256 e. The number of carbonyl (C=O) groups is 1. The highest BCUT2D eigenvalue weighted by molar-refractivity contribution is 7.90. The molecular formula is C20H27N3O5S. The van der Waals surface area contributed by atoms with E-state index in [-0.39, 0.29) is 17.4 Å². The van der Waals surface area contributed by atoms with Crippen molar-refractivity contribution in [2.75, 3.05) is 18.5 Å². The summed E-state index contributed by atoms with van der Waals surface area (Å²) in [5.74, 6) is 0.876. The van der Waals surface area contributed by atoms with Crippen molar-refractivity contribution >= 4 is 21.6 Å². The summed E-state index contributed by atoms with van der Waals surface area (Å²) in [6.07, 6.45) is 0. The number of fused-ring (bicyclic) bond motifs is 1. The molecule has 29 heavy (non-hydrogen) atoms. The monoisotopic (exact) mass is 421 g/mol. The van der Waals surface area contributed by atoms with Gasteiger partial charge in [-0.3, -0.25) is 4.79 Å². The van der Waals surface area contributed by atoms with Crippen LogP contribution in [0.5, 0.6) is 11.5 Å². The molecular weight excluding hydrogens is 394 g/mol. The van der Waals surface area contributed by atoms with Crippen LogP contribution in [0.2, 0.25) is 0 Å². The van der Waals surface area contributed by atoms with Crippen LogP contribution in [0, 0.1) is 0 Å². The second-order valence-corrected chi connectivity index (χ2v) is 9.93. The van der Waals surface area contributed by atoms with Gasteiger partial charge in [0.05, 0.1) is 36.0 Å². The number of nitrogens with one attached hydrogen (secondary N) is 1. The zero-order chi connectivity index (χ0) is 21.4. The Morgan fingerprint density at radius 2 is 1.79 bits per heavy atom. The number of aromatic nitrogens is 2. The number of nitrogens with zero attached hydrogens (tertiary/aromatic N) is 2. The Hall–Kier alpha value is -2.55. The number of hydrogen-bond donors (Lipinski definition) is 1. The molecule has 2 aromatic rings. The minimum atomic E-state index is -3.24. The minimum Gasteiger partial charge on any atom is -0.490 e. The average Bonchev–Trinajstić information content (AvgIpc) is 3.09. The molecule has 1 amide bonds. The second kappa shape index (κ2) is 7.70. The number of benzene rings is 1. The van der Waals surface area contributed by atoms with Gasteiger partial charge in [0.15, 0.2) is 21.3 Å². The van der Waals surface area contributed by atoms with Crippen molar-refractivity contribution in [1.82, 2.24) is 9.78 Å². The Bertz CT molecular complexity index is 1040. The summed E-state index contributed by atoms with van der Waals surface area (Å²) in [5, 5.41) is 7.34. The van der Waals surface area contributed by atoms with Gasteiger partial charge in [0.1, 0.15) is 5.82 Å². The molecule has 0 fully saturated rings. The molecule has 0 bridgehead atoms. The van der Waals surface area contributed by atoms with Gasteiger partial charge >= 0.3 is 0 Å². The molecule has 0 spiro atoms. The summed E-state index contributed by atoms with van der Waals surface area (Å²) >= 11 is 0. The molecule has 0 aliphatic carbocycles. The molecule has 8 nitrogen and oxygen atoms in total. The first-order valence-corrected chi connectivity index (χ1v) is 11.4. The molecule has 1 N–H and O–H groups in total. The lowest BCUT2D eigenvalue weighted by molar-refractivity contribution is 0.102. The van der Waals surface area contributed by atoms with Crippen molar-refractivity contribution in [2.24, 2.45) is 0 Å². The van der Waals surface area contributed by atoms with Crippen LogP contribution < -0.4 is 14.8 Å². The Labute approximate surface area is 171 Å². The van der Waals surface area contributed by atoms with Crippen molar-refractivity contribution in [3.8, 4) is 11.5 Å². The van der Waals surface area contributed by atoms with Gasteiger partial charge in [0.2, 0.25) is 0 Å². The van der Waals surface area contributed by atoms with Crippen LogP contribution in [0.15, 0.2) is 18.2 Å². The maximum Gasteiger partial charge on any atom is 0.256 e. The van der Waals surface area contributed by atoms with E-state index < -0.39 is 15.4 Å². The number of hydrogen-bond acceptors (Lipinski definition) is 6. The standard InChI is InChI=1S/C20H27N3O5S/c1-6-27-16-9-8-13(10-17(16)28-7-2)19(24)21-18-14-11-29(25,26)12-15(14)22-23(18)20(3,4)5/h8-10H,6-7,11-12H2,1-5H3,(H,21,24). The Balaban J connectivity index is 1.96. The van der Waals surface area contributed by atoms with Crippen LogP contribution in [0.1, 0.15) is 56.2 Å².